The van der Waals surface area contributed by atoms with Crippen molar-refractivity contribution in [3.05, 3.63) is 24.3 Å². The molecule has 1 aromatic carbocycles. The van der Waals surface area contributed by atoms with Gasteiger partial charge in [-0.15, -0.1) is 0 Å². The predicted octanol–water partition coefficient (Wildman–Crippen LogP) is 0.750. The Kier molecular flexibility index (Phi) is 6.60. The largest absolute Gasteiger partial charge is 0.385 e. The number of carbonyl (C=O) groups is 1. The fourth-order valence-corrected chi connectivity index (χ4v) is 2.12. The van der Waals surface area contributed by atoms with Gasteiger partial charge in [0.05, 0.1) is 11.8 Å². The molecule has 1 rings (SSSR count). The molecule has 0 aliphatic rings. The lowest BCUT2D eigenvalue weighted by Crippen LogP contribution is -2.36. The van der Waals surface area contributed by atoms with Crippen LogP contribution in [-0.4, -0.2) is 39.8 Å². The monoisotopic (exact) mass is 315 g/mol. The molecule has 0 saturated carbocycles. The molecule has 7 nitrogen and oxygen atoms in total. The summed E-state index contributed by atoms with van der Waals surface area (Å²) < 4.78 is 30.1. The smallest absolute Gasteiger partial charge is 0.241 e. The van der Waals surface area contributed by atoms with Gasteiger partial charge in [0.1, 0.15) is 0 Å². The third-order valence-corrected chi connectivity index (χ3v) is 4.08. The molecule has 0 heterocycles. The molecule has 21 heavy (non-hydrogen) atoms. The first-order chi connectivity index (χ1) is 9.88. The van der Waals surface area contributed by atoms with Crippen LogP contribution in [0, 0.1) is 0 Å². The molecule has 1 unspecified atom stereocenters. The molecule has 1 aromatic rings. The number of rotatable bonds is 8. The lowest BCUT2D eigenvalue weighted by molar-refractivity contribution is -0.117. The van der Waals surface area contributed by atoms with Crippen molar-refractivity contribution in [2.45, 2.75) is 19.4 Å². The number of amides is 1. The Morgan fingerprint density at radius 3 is 2.38 bits per heavy atom. The van der Waals surface area contributed by atoms with Crippen LogP contribution < -0.4 is 15.8 Å². The standard InChI is InChI=1S/C13H21N3O4S/c1-3-21(18,19)16-11-6-4-10(5-7-11)15-13(17)12(14)8-9-20-2/h4-7,12,16H,3,8-9,14H2,1-2H3,(H,15,17). The maximum absolute atomic E-state index is 11.8. The number of nitrogens with one attached hydrogen (secondary N) is 2. The van der Waals surface area contributed by atoms with Crippen LogP contribution in [0.2, 0.25) is 0 Å². The van der Waals surface area contributed by atoms with Gasteiger partial charge in [-0.25, -0.2) is 8.42 Å². The van der Waals surface area contributed by atoms with Crippen LogP contribution in [0.3, 0.4) is 0 Å². The van der Waals surface area contributed by atoms with E-state index in [1.165, 1.54) is 0 Å². The fourth-order valence-electron chi connectivity index (χ4n) is 1.48. The number of nitrogens with two attached hydrogens (primary N) is 1. The van der Waals surface area contributed by atoms with Gasteiger partial charge in [-0.3, -0.25) is 9.52 Å². The molecule has 0 aromatic heterocycles. The quantitative estimate of drug-likeness (QED) is 0.655. The van der Waals surface area contributed by atoms with E-state index < -0.39 is 16.1 Å². The van der Waals surface area contributed by atoms with Crippen LogP contribution in [0.4, 0.5) is 11.4 Å². The third kappa shape index (κ3) is 6.11. The summed E-state index contributed by atoms with van der Waals surface area (Å²) >= 11 is 0. The minimum absolute atomic E-state index is 0.000158. The number of sulfonamides is 1. The number of hydrogen-bond acceptors (Lipinski definition) is 5. The number of anilines is 2. The topological polar surface area (TPSA) is 111 Å². The lowest BCUT2D eigenvalue weighted by atomic mass is 10.2. The van der Waals surface area contributed by atoms with Crippen LogP contribution >= 0.6 is 0 Å². The van der Waals surface area contributed by atoms with E-state index in [0.29, 0.717) is 24.4 Å². The molecule has 1 amide bonds. The highest BCUT2D eigenvalue weighted by atomic mass is 32.2. The van der Waals surface area contributed by atoms with Gasteiger partial charge < -0.3 is 15.8 Å². The summed E-state index contributed by atoms with van der Waals surface area (Å²) in [5.74, 6) is -0.311. The van der Waals surface area contributed by atoms with Gasteiger partial charge in [0.15, 0.2) is 0 Å². The third-order valence-electron chi connectivity index (χ3n) is 2.78. The van der Waals surface area contributed by atoms with E-state index in [2.05, 4.69) is 10.0 Å². The van der Waals surface area contributed by atoms with Gasteiger partial charge >= 0.3 is 0 Å². The summed E-state index contributed by atoms with van der Waals surface area (Å²) in [6.07, 6.45) is 0.427. The molecule has 0 radical (unpaired) electrons. The molecular weight excluding hydrogens is 294 g/mol. The molecule has 0 saturated heterocycles. The van der Waals surface area contributed by atoms with Crippen molar-refractivity contribution in [2.75, 3.05) is 29.5 Å². The van der Waals surface area contributed by atoms with Crippen LogP contribution in [0.5, 0.6) is 0 Å². The normalized spacial score (nSPS) is 12.7. The van der Waals surface area contributed by atoms with E-state index in [1.54, 1.807) is 38.3 Å². The van der Waals surface area contributed by atoms with Crippen molar-refractivity contribution in [2.24, 2.45) is 5.73 Å². The summed E-state index contributed by atoms with van der Waals surface area (Å²) in [4.78, 5) is 11.8. The number of benzene rings is 1. The number of methoxy groups -OCH3 is 1. The Morgan fingerprint density at radius 1 is 1.29 bits per heavy atom. The second-order valence-electron chi connectivity index (χ2n) is 4.46. The summed E-state index contributed by atoms with van der Waals surface area (Å²) in [6, 6.07) is 5.71. The SMILES string of the molecule is CCS(=O)(=O)Nc1ccc(NC(=O)C(N)CCOC)cc1. The molecule has 1 atom stereocenters. The maximum atomic E-state index is 11.8. The molecule has 0 spiro atoms. The van der Waals surface area contributed by atoms with E-state index in [1.807, 2.05) is 0 Å². The van der Waals surface area contributed by atoms with E-state index in [0.717, 1.165) is 0 Å². The molecule has 0 fully saturated rings. The van der Waals surface area contributed by atoms with Crippen molar-refractivity contribution in [1.82, 2.24) is 0 Å². The molecule has 118 valence electrons. The zero-order chi connectivity index (χ0) is 15.9. The Morgan fingerprint density at radius 2 is 1.86 bits per heavy atom. The van der Waals surface area contributed by atoms with Crippen LogP contribution in [0.25, 0.3) is 0 Å². The van der Waals surface area contributed by atoms with Crippen molar-refractivity contribution in [3.8, 4) is 0 Å². The number of ether oxygens (including phenoxy) is 1. The second-order valence-corrected chi connectivity index (χ2v) is 6.47. The van der Waals surface area contributed by atoms with E-state index >= 15 is 0 Å². The first-order valence-corrected chi connectivity index (χ1v) is 8.19. The van der Waals surface area contributed by atoms with E-state index in [-0.39, 0.29) is 11.7 Å². The molecule has 8 heteroatoms. The van der Waals surface area contributed by atoms with E-state index in [4.69, 9.17) is 10.5 Å². The van der Waals surface area contributed by atoms with Crippen molar-refractivity contribution >= 4 is 27.3 Å². The second kappa shape index (κ2) is 7.96. The number of carbonyl (C=O) groups excluding carboxylic acids is 1. The van der Waals surface area contributed by atoms with Gasteiger partial charge in [0.25, 0.3) is 0 Å². The zero-order valence-corrected chi connectivity index (χ0v) is 12.9. The lowest BCUT2D eigenvalue weighted by Gasteiger charge is -2.12. The van der Waals surface area contributed by atoms with Crippen LogP contribution in [0.1, 0.15) is 13.3 Å². The van der Waals surface area contributed by atoms with Crippen molar-refractivity contribution < 1.29 is 17.9 Å². The van der Waals surface area contributed by atoms with Gasteiger partial charge in [-0.1, -0.05) is 0 Å². The summed E-state index contributed by atoms with van der Waals surface area (Å²) in [5.41, 5.74) is 6.69. The molecule has 0 bridgehead atoms. The minimum atomic E-state index is -3.30. The first-order valence-electron chi connectivity index (χ1n) is 6.54. The highest BCUT2D eigenvalue weighted by Crippen LogP contribution is 2.15. The Bertz CT molecular complexity index is 557. The summed E-state index contributed by atoms with van der Waals surface area (Å²) in [7, 11) is -1.76. The van der Waals surface area contributed by atoms with E-state index in [9.17, 15) is 13.2 Å². The molecule has 4 N–H and O–H groups in total. The Hall–Kier alpha value is -1.64. The van der Waals surface area contributed by atoms with Gasteiger partial charge in [0.2, 0.25) is 15.9 Å². The Balaban J connectivity index is 2.60. The highest BCUT2D eigenvalue weighted by Gasteiger charge is 2.13. The van der Waals surface area contributed by atoms with Crippen molar-refractivity contribution in [3.63, 3.8) is 0 Å². The van der Waals surface area contributed by atoms with Crippen LogP contribution in [-0.2, 0) is 19.6 Å². The predicted molar refractivity (Wildman–Crippen MR) is 82.6 cm³/mol. The highest BCUT2D eigenvalue weighted by molar-refractivity contribution is 7.92. The Labute approximate surface area is 124 Å². The summed E-state index contributed by atoms with van der Waals surface area (Å²) in [5, 5.41) is 2.66. The van der Waals surface area contributed by atoms with Gasteiger partial charge in [-0.05, 0) is 37.6 Å². The van der Waals surface area contributed by atoms with Crippen molar-refractivity contribution in [1.29, 1.82) is 0 Å². The average molecular weight is 315 g/mol. The number of hydrogen-bond donors (Lipinski definition) is 3. The fraction of sp³-hybridized carbons (Fsp3) is 0.462. The first kappa shape index (κ1) is 17.4. The van der Waals surface area contributed by atoms with Gasteiger partial charge in [0, 0.05) is 25.1 Å². The average Bonchev–Trinajstić information content (AvgIpc) is 2.46. The molecule has 0 aliphatic heterocycles. The zero-order valence-electron chi connectivity index (χ0n) is 12.1. The minimum Gasteiger partial charge on any atom is -0.385 e. The molecule has 0 aliphatic carbocycles. The maximum Gasteiger partial charge on any atom is 0.241 e. The summed E-state index contributed by atoms with van der Waals surface area (Å²) in [6.45, 7) is 1.96. The molecular formula is C13H21N3O4S. The van der Waals surface area contributed by atoms with Gasteiger partial charge in [-0.2, -0.15) is 0 Å². The van der Waals surface area contributed by atoms with Crippen LogP contribution in [0.15, 0.2) is 24.3 Å².